The van der Waals surface area contributed by atoms with Crippen LogP contribution in [0.5, 0.6) is 5.75 Å². The van der Waals surface area contributed by atoms with Crippen molar-refractivity contribution in [3.8, 4) is 11.8 Å². The lowest BCUT2D eigenvalue weighted by Crippen LogP contribution is -1.89. The van der Waals surface area contributed by atoms with Gasteiger partial charge in [0.15, 0.2) is 0 Å². The summed E-state index contributed by atoms with van der Waals surface area (Å²) in [7, 11) is 0. The van der Waals surface area contributed by atoms with E-state index in [0.717, 1.165) is 34.2 Å². The highest BCUT2D eigenvalue weighted by atomic mass is 79.9. The zero-order chi connectivity index (χ0) is 9.26. The van der Waals surface area contributed by atoms with Crippen LogP contribution in [0.25, 0.3) is 0 Å². The van der Waals surface area contributed by atoms with E-state index in [2.05, 4.69) is 22.0 Å². The van der Waals surface area contributed by atoms with Gasteiger partial charge in [0.2, 0.25) is 0 Å². The Hall–Kier alpha value is -1.01. The van der Waals surface area contributed by atoms with Gasteiger partial charge < -0.3 is 4.74 Å². The molecule has 2 rings (SSSR count). The molecule has 1 aliphatic heterocycles. The van der Waals surface area contributed by atoms with Crippen LogP contribution in [0.1, 0.15) is 16.7 Å². The zero-order valence-corrected chi connectivity index (χ0v) is 8.60. The van der Waals surface area contributed by atoms with Crippen LogP contribution >= 0.6 is 15.9 Å². The topological polar surface area (TPSA) is 33.0 Å². The van der Waals surface area contributed by atoms with Crippen LogP contribution in [0.2, 0.25) is 0 Å². The molecule has 0 spiro atoms. The summed E-state index contributed by atoms with van der Waals surface area (Å²) in [6.45, 7) is 0.702. The van der Waals surface area contributed by atoms with Gasteiger partial charge in [0.1, 0.15) is 5.75 Å². The molecule has 3 heteroatoms. The number of alkyl halides is 1. The number of ether oxygens (including phenoxy) is 1. The zero-order valence-electron chi connectivity index (χ0n) is 7.01. The summed E-state index contributed by atoms with van der Waals surface area (Å²) < 4.78 is 5.48. The molecule has 0 saturated heterocycles. The van der Waals surface area contributed by atoms with E-state index in [-0.39, 0.29) is 0 Å². The second kappa shape index (κ2) is 3.39. The van der Waals surface area contributed by atoms with Crippen LogP contribution in [0.15, 0.2) is 12.1 Å². The Labute approximate surface area is 85.3 Å². The molecule has 0 radical (unpaired) electrons. The monoisotopic (exact) mass is 237 g/mol. The van der Waals surface area contributed by atoms with Crippen molar-refractivity contribution in [3.05, 3.63) is 28.8 Å². The quantitative estimate of drug-likeness (QED) is 0.703. The van der Waals surface area contributed by atoms with Crippen molar-refractivity contribution in [1.82, 2.24) is 0 Å². The van der Waals surface area contributed by atoms with E-state index in [1.807, 2.05) is 12.1 Å². The van der Waals surface area contributed by atoms with Crippen LogP contribution < -0.4 is 4.74 Å². The van der Waals surface area contributed by atoms with Gasteiger partial charge >= 0.3 is 0 Å². The first-order chi connectivity index (χ1) is 6.36. The Morgan fingerprint density at radius 1 is 1.54 bits per heavy atom. The number of hydrogen-bond donors (Lipinski definition) is 0. The lowest BCUT2D eigenvalue weighted by Gasteiger charge is -2.05. The first-order valence-electron chi connectivity index (χ1n) is 4.10. The van der Waals surface area contributed by atoms with E-state index in [9.17, 15) is 0 Å². The average Bonchev–Trinajstić information content (AvgIpc) is 2.64. The SMILES string of the molecule is N#Cc1ccc(CBr)c2c1CCO2. The molecule has 0 unspecified atom stereocenters. The average molecular weight is 238 g/mol. The molecule has 0 amide bonds. The molecule has 13 heavy (non-hydrogen) atoms. The van der Waals surface area contributed by atoms with Crippen molar-refractivity contribution in [3.63, 3.8) is 0 Å². The number of nitriles is 1. The van der Waals surface area contributed by atoms with E-state index >= 15 is 0 Å². The molecule has 0 fully saturated rings. The Bertz CT molecular complexity index is 381. The lowest BCUT2D eigenvalue weighted by atomic mass is 10.0. The fourth-order valence-electron chi connectivity index (χ4n) is 1.57. The highest BCUT2D eigenvalue weighted by Gasteiger charge is 2.19. The molecule has 1 heterocycles. The van der Waals surface area contributed by atoms with Crippen LogP contribution in [0.4, 0.5) is 0 Å². The molecule has 1 aromatic rings. The van der Waals surface area contributed by atoms with Crippen molar-refractivity contribution >= 4 is 15.9 Å². The summed E-state index contributed by atoms with van der Waals surface area (Å²) >= 11 is 3.39. The highest BCUT2D eigenvalue weighted by molar-refractivity contribution is 9.08. The first-order valence-corrected chi connectivity index (χ1v) is 5.22. The van der Waals surface area contributed by atoms with Crippen molar-refractivity contribution in [2.24, 2.45) is 0 Å². The number of nitrogens with zero attached hydrogens (tertiary/aromatic N) is 1. The van der Waals surface area contributed by atoms with Gasteiger partial charge in [-0.15, -0.1) is 0 Å². The second-order valence-corrected chi connectivity index (χ2v) is 3.48. The van der Waals surface area contributed by atoms with E-state index in [4.69, 9.17) is 10.00 Å². The molecule has 2 nitrogen and oxygen atoms in total. The van der Waals surface area contributed by atoms with Gasteiger partial charge in [0.25, 0.3) is 0 Å². The summed E-state index contributed by atoms with van der Waals surface area (Å²) in [6.07, 6.45) is 0.860. The van der Waals surface area contributed by atoms with Crippen molar-refractivity contribution in [2.45, 2.75) is 11.8 Å². The van der Waals surface area contributed by atoms with Gasteiger partial charge in [-0.05, 0) is 6.07 Å². The maximum absolute atomic E-state index is 8.85. The minimum atomic E-state index is 0.702. The summed E-state index contributed by atoms with van der Waals surface area (Å²) in [6, 6.07) is 5.99. The van der Waals surface area contributed by atoms with Gasteiger partial charge in [0, 0.05) is 22.9 Å². The van der Waals surface area contributed by atoms with E-state index in [0.29, 0.717) is 6.61 Å². The number of halogens is 1. The van der Waals surface area contributed by atoms with Gasteiger partial charge in [-0.2, -0.15) is 5.26 Å². The molecule has 0 aromatic heterocycles. The molecule has 0 atom stereocenters. The standard InChI is InChI=1S/C10H8BrNO/c11-5-7-1-2-8(6-12)9-3-4-13-10(7)9/h1-2H,3-5H2. The summed E-state index contributed by atoms with van der Waals surface area (Å²) in [4.78, 5) is 0. The molecule has 0 bridgehead atoms. The number of hydrogen-bond acceptors (Lipinski definition) is 2. The first kappa shape index (κ1) is 8.58. The molecular formula is C10H8BrNO. The van der Waals surface area contributed by atoms with Crippen LogP contribution in [0, 0.1) is 11.3 Å². The Balaban J connectivity index is 2.60. The minimum Gasteiger partial charge on any atom is -0.493 e. The predicted octanol–water partition coefficient (Wildman–Crippen LogP) is 2.39. The van der Waals surface area contributed by atoms with Crippen molar-refractivity contribution in [2.75, 3.05) is 6.61 Å². The summed E-state index contributed by atoms with van der Waals surface area (Å²) in [5.41, 5.74) is 2.95. The summed E-state index contributed by atoms with van der Waals surface area (Å²) in [5, 5.41) is 9.63. The molecule has 66 valence electrons. The smallest absolute Gasteiger partial charge is 0.127 e. The van der Waals surface area contributed by atoms with Gasteiger partial charge in [-0.3, -0.25) is 0 Å². The summed E-state index contributed by atoms with van der Waals surface area (Å²) in [5.74, 6) is 0.913. The van der Waals surface area contributed by atoms with Crippen LogP contribution in [-0.2, 0) is 11.8 Å². The Kier molecular flexibility index (Phi) is 2.24. The fourth-order valence-corrected chi connectivity index (χ4v) is 2.01. The van der Waals surface area contributed by atoms with Gasteiger partial charge in [-0.1, -0.05) is 22.0 Å². The van der Waals surface area contributed by atoms with Gasteiger partial charge in [-0.25, -0.2) is 0 Å². The largest absolute Gasteiger partial charge is 0.493 e. The third kappa shape index (κ3) is 1.31. The van der Waals surface area contributed by atoms with E-state index < -0.39 is 0 Å². The highest BCUT2D eigenvalue weighted by Crippen LogP contribution is 2.33. The fraction of sp³-hybridized carbons (Fsp3) is 0.300. The van der Waals surface area contributed by atoms with E-state index in [1.165, 1.54) is 0 Å². The maximum atomic E-state index is 8.85. The molecule has 1 aliphatic rings. The molecular weight excluding hydrogens is 230 g/mol. The third-order valence-electron chi connectivity index (χ3n) is 2.20. The third-order valence-corrected chi connectivity index (χ3v) is 2.81. The van der Waals surface area contributed by atoms with Crippen LogP contribution in [0.3, 0.4) is 0 Å². The second-order valence-electron chi connectivity index (χ2n) is 2.92. The molecule has 0 N–H and O–H groups in total. The Morgan fingerprint density at radius 3 is 3.08 bits per heavy atom. The molecule has 0 aliphatic carbocycles. The molecule has 0 saturated carbocycles. The number of rotatable bonds is 1. The van der Waals surface area contributed by atoms with Crippen molar-refractivity contribution < 1.29 is 4.74 Å². The number of fused-ring (bicyclic) bond motifs is 1. The van der Waals surface area contributed by atoms with Crippen molar-refractivity contribution in [1.29, 1.82) is 5.26 Å². The van der Waals surface area contributed by atoms with E-state index in [1.54, 1.807) is 0 Å². The minimum absolute atomic E-state index is 0.702. The van der Waals surface area contributed by atoms with Gasteiger partial charge in [0.05, 0.1) is 18.2 Å². The molecule has 1 aromatic carbocycles. The number of benzene rings is 1. The predicted molar refractivity (Wildman–Crippen MR) is 53.0 cm³/mol. The lowest BCUT2D eigenvalue weighted by molar-refractivity contribution is 0.354. The van der Waals surface area contributed by atoms with Crippen LogP contribution in [-0.4, -0.2) is 6.61 Å². The normalized spacial score (nSPS) is 13.2. The Morgan fingerprint density at radius 2 is 2.38 bits per heavy atom. The maximum Gasteiger partial charge on any atom is 0.127 e.